The highest BCUT2D eigenvalue weighted by atomic mass is 35.5. The van der Waals surface area contributed by atoms with E-state index in [2.05, 4.69) is 18.1 Å². The molecule has 1 aromatic heterocycles. The Labute approximate surface area is 182 Å². The van der Waals surface area contributed by atoms with Crippen LogP contribution in [0.15, 0.2) is 29.2 Å². The van der Waals surface area contributed by atoms with E-state index in [-0.39, 0.29) is 16.7 Å². The first kappa shape index (κ1) is 23.7. The molecule has 0 aliphatic carbocycles. The molecule has 0 bridgehead atoms. The number of hydrogen-bond acceptors (Lipinski definition) is 6. The summed E-state index contributed by atoms with van der Waals surface area (Å²) in [6.07, 6.45) is 3.94. The summed E-state index contributed by atoms with van der Waals surface area (Å²) in [4.78, 5) is 14.2. The number of ether oxygens (including phenoxy) is 2. The zero-order valence-electron chi connectivity index (χ0n) is 18.0. The molecule has 0 fully saturated rings. The lowest BCUT2D eigenvalue weighted by Gasteiger charge is -2.26. The molecule has 0 saturated heterocycles. The van der Waals surface area contributed by atoms with Crippen LogP contribution in [-0.2, 0) is 17.7 Å². The second-order valence-corrected chi connectivity index (χ2v) is 7.48. The summed E-state index contributed by atoms with van der Waals surface area (Å²) in [6, 6.07) is 7.60. The summed E-state index contributed by atoms with van der Waals surface area (Å²) in [5.41, 5.74) is 1.89. The molecule has 162 valence electrons. The standard InChI is InChI=1S/C22H29ClN4O3/c1-5-7-17-11-16(12-24)8-9-20(17)30-15-18(29-4)14-26(3)19-13-25-27(10-6-2)22(28)21(19)23/h8-9,11,13,18H,5-7,10,14-15H2,1-4H3. The van der Waals surface area contributed by atoms with Gasteiger partial charge in [0.2, 0.25) is 0 Å². The summed E-state index contributed by atoms with van der Waals surface area (Å²) >= 11 is 6.30. The minimum Gasteiger partial charge on any atom is -0.491 e. The minimum absolute atomic E-state index is 0.147. The third-order valence-corrected chi connectivity index (χ3v) is 5.11. The SMILES string of the molecule is CCCc1cc(C#N)ccc1OCC(CN(C)c1cnn(CCC)c(=O)c1Cl)OC. The Morgan fingerprint density at radius 2 is 2.10 bits per heavy atom. The maximum absolute atomic E-state index is 12.4. The van der Waals surface area contributed by atoms with Gasteiger partial charge < -0.3 is 14.4 Å². The third-order valence-electron chi connectivity index (χ3n) is 4.76. The summed E-state index contributed by atoms with van der Waals surface area (Å²) in [6.45, 7) is 5.38. The van der Waals surface area contributed by atoms with Crippen molar-refractivity contribution in [1.82, 2.24) is 9.78 Å². The molecule has 1 heterocycles. The van der Waals surface area contributed by atoms with Crippen LogP contribution in [0.4, 0.5) is 5.69 Å². The number of benzene rings is 1. The number of nitrogens with zero attached hydrogens (tertiary/aromatic N) is 4. The van der Waals surface area contributed by atoms with Crippen LogP contribution in [0.2, 0.25) is 5.02 Å². The average molecular weight is 433 g/mol. The van der Waals surface area contributed by atoms with E-state index < -0.39 is 0 Å². The van der Waals surface area contributed by atoms with E-state index in [0.717, 1.165) is 30.6 Å². The second kappa shape index (κ2) is 11.6. The van der Waals surface area contributed by atoms with E-state index in [4.69, 9.17) is 26.3 Å². The maximum Gasteiger partial charge on any atom is 0.287 e. The van der Waals surface area contributed by atoms with E-state index in [9.17, 15) is 4.79 Å². The van der Waals surface area contributed by atoms with Crippen LogP contribution in [0.1, 0.15) is 37.8 Å². The Balaban J connectivity index is 2.09. The molecule has 7 nitrogen and oxygen atoms in total. The van der Waals surface area contributed by atoms with Crippen molar-refractivity contribution in [3.63, 3.8) is 0 Å². The second-order valence-electron chi connectivity index (χ2n) is 7.11. The smallest absolute Gasteiger partial charge is 0.287 e. The molecule has 0 aliphatic rings. The monoisotopic (exact) mass is 432 g/mol. The Bertz CT molecular complexity index is 939. The predicted octanol–water partition coefficient (Wildman–Crippen LogP) is 3.66. The number of hydrogen-bond donors (Lipinski definition) is 0. The molecule has 0 spiro atoms. The normalized spacial score (nSPS) is 11.7. The van der Waals surface area contributed by atoms with E-state index in [1.165, 1.54) is 4.68 Å². The van der Waals surface area contributed by atoms with Gasteiger partial charge in [0.1, 0.15) is 23.5 Å². The fraction of sp³-hybridized carbons (Fsp3) is 0.500. The van der Waals surface area contributed by atoms with Gasteiger partial charge in [-0.25, -0.2) is 4.68 Å². The lowest BCUT2D eigenvalue weighted by Crippen LogP contribution is -2.36. The summed E-state index contributed by atoms with van der Waals surface area (Å²) < 4.78 is 13.0. The van der Waals surface area contributed by atoms with Gasteiger partial charge in [-0.05, 0) is 36.6 Å². The topological polar surface area (TPSA) is 80.4 Å². The quantitative estimate of drug-likeness (QED) is 0.539. The van der Waals surface area contributed by atoms with E-state index in [1.807, 2.05) is 31.0 Å². The Kier molecular flexibility index (Phi) is 9.15. The average Bonchev–Trinajstić information content (AvgIpc) is 2.75. The first-order chi connectivity index (χ1) is 14.4. The van der Waals surface area contributed by atoms with Gasteiger partial charge in [0.15, 0.2) is 0 Å². The van der Waals surface area contributed by atoms with Crippen LogP contribution in [0, 0.1) is 11.3 Å². The molecule has 8 heteroatoms. The third kappa shape index (κ3) is 5.97. The van der Waals surface area contributed by atoms with Crippen molar-refractivity contribution >= 4 is 17.3 Å². The highest BCUT2D eigenvalue weighted by Gasteiger charge is 2.18. The van der Waals surface area contributed by atoms with Crippen molar-refractivity contribution < 1.29 is 9.47 Å². The zero-order chi connectivity index (χ0) is 22.1. The molecule has 0 amide bonds. The summed E-state index contributed by atoms with van der Waals surface area (Å²) in [5.74, 6) is 0.752. The lowest BCUT2D eigenvalue weighted by molar-refractivity contribution is 0.0632. The van der Waals surface area contributed by atoms with Gasteiger partial charge in [-0.2, -0.15) is 10.4 Å². The number of aromatic nitrogens is 2. The molecule has 2 aromatic rings. The molecule has 1 atom stereocenters. The minimum atomic E-state index is -0.296. The zero-order valence-corrected chi connectivity index (χ0v) is 18.8. The molecule has 1 unspecified atom stereocenters. The fourth-order valence-corrected chi connectivity index (χ4v) is 3.42. The van der Waals surface area contributed by atoms with Gasteiger partial charge in [0.05, 0.1) is 23.5 Å². The summed E-state index contributed by atoms with van der Waals surface area (Å²) in [5, 5.41) is 13.5. The van der Waals surface area contributed by atoms with Crippen molar-refractivity contribution in [2.75, 3.05) is 32.2 Å². The first-order valence-electron chi connectivity index (χ1n) is 10.1. The highest BCUT2D eigenvalue weighted by Crippen LogP contribution is 2.23. The molecule has 30 heavy (non-hydrogen) atoms. The largest absolute Gasteiger partial charge is 0.491 e. The van der Waals surface area contributed by atoms with Crippen molar-refractivity contribution in [3.8, 4) is 11.8 Å². The van der Waals surface area contributed by atoms with Crippen LogP contribution in [0.5, 0.6) is 5.75 Å². The number of rotatable bonds is 11. The number of aryl methyl sites for hydroxylation is 2. The van der Waals surface area contributed by atoms with Crippen LogP contribution in [0.25, 0.3) is 0 Å². The van der Waals surface area contributed by atoms with Crippen LogP contribution in [0.3, 0.4) is 0 Å². The van der Waals surface area contributed by atoms with Gasteiger partial charge in [0.25, 0.3) is 5.56 Å². The van der Waals surface area contributed by atoms with Gasteiger partial charge in [-0.1, -0.05) is 31.9 Å². The van der Waals surface area contributed by atoms with Gasteiger partial charge in [-0.15, -0.1) is 0 Å². The molecular formula is C22H29ClN4O3. The van der Waals surface area contributed by atoms with Crippen LogP contribution in [-0.4, -0.2) is 43.2 Å². The molecule has 0 saturated carbocycles. The number of methoxy groups -OCH3 is 1. The van der Waals surface area contributed by atoms with Gasteiger partial charge in [0, 0.05) is 27.2 Å². The van der Waals surface area contributed by atoms with E-state index in [1.54, 1.807) is 19.4 Å². The van der Waals surface area contributed by atoms with Crippen molar-refractivity contribution in [2.24, 2.45) is 0 Å². The molecular weight excluding hydrogens is 404 g/mol. The Morgan fingerprint density at radius 1 is 1.33 bits per heavy atom. The molecule has 0 aliphatic heterocycles. The van der Waals surface area contributed by atoms with Crippen molar-refractivity contribution in [1.29, 1.82) is 5.26 Å². The molecule has 2 rings (SSSR count). The predicted molar refractivity (Wildman–Crippen MR) is 119 cm³/mol. The van der Waals surface area contributed by atoms with Crippen molar-refractivity contribution in [2.45, 2.75) is 45.8 Å². The Hall–Kier alpha value is -2.56. The van der Waals surface area contributed by atoms with Crippen LogP contribution >= 0.6 is 11.6 Å². The molecule has 0 N–H and O–H groups in total. The highest BCUT2D eigenvalue weighted by molar-refractivity contribution is 6.33. The van der Waals surface area contributed by atoms with Gasteiger partial charge >= 0.3 is 0 Å². The summed E-state index contributed by atoms with van der Waals surface area (Å²) in [7, 11) is 3.45. The Morgan fingerprint density at radius 3 is 2.73 bits per heavy atom. The van der Waals surface area contributed by atoms with Gasteiger partial charge in [-0.3, -0.25) is 4.79 Å². The number of likely N-dealkylation sites (N-methyl/N-ethyl adjacent to an activating group) is 1. The number of nitriles is 1. The first-order valence-corrected chi connectivity index (χ1v) is 10.5. The maximum atomic E-state index is 12.4. The van der Waals surface area contributed by atoms with Crippen LogP contribution < -0.4 is 15.2 Å². The van der Waals surface area contributed by atoms with E-state index in [0.29, 0.717) is 30.9 Å². The molecule has 0 radical (unpaired) electrons. The number of anilines is 1. The lowest BCUT2D eigenvalue weighted by atomic mass is 10.1. The van der Waals surface area contributed by atoms with Crippen molar-refractivity contribution in [3.05, 3.63) is 50.9 Å². The molecule has 1 aromatic carbocycles. The van der Waals surface area contributed by atoms with E-state index >= 15 is 0 Å². The fourth-order valence-electron chi connectivity index (χ4n) is 3.13. The number of halogens is 1.